The third-order valence-corrected chi connectivity index (χ3v) is 5.43. The molecular weight excluding hydrogens is 375 g/mol. The Morgan fingerprint density at radius 3 is 2.83 bits per heavy atom. The van der Waals surface area contributed by atoms with Crippen molar-refractivity contribution in [2.24, 2.45) is 0 Å². The van der Waals surface area contributed by atoms with Gasteiger partial charge in [-0.1, -0.05) is 0 Å². The van der Waals surface area contributed by atoms with Gasteiger partial charge >= 0.3 is 0 Å². The molecular formula is C22H21FN2O4. The van der Waals surface area contributed by atoms with Crippen LogP contribution in [0, 0.1) is 5.82 Å². The number of morpholine rings is 1. The smallest absolute Gasteiger partial charge is 0.260 e. The summed E-state index contributed by atoms with van der Waals surface area (Å²) in [5, 5.41) is 2.77. The fraction of sp³-hybridized carbons (Fsp3) is 0.318. The van der Waals surface area contributed by atoms with Gasteiger partial charge in [-0.2, -0.15) is 0 Å². The molecule has 2 aromatic rings. The molecule has 0 saturated carbocycles. The van der Waals surface area contributed by atoms with Crippen molar-refractivity contribution in [1.29, 1.82) is 0 Å². The summed E-state index contributed by atoms with van der Waals surface area (Å²) in [5.74, 6) is 0.593. The highest BCUT2D eigenvalue weighted by atomic mass is 19.1. The number of hydrogen-bond donors (Lipinski definition) is 1. The van der Waals surface area contributed by atoms with E-state index in [4.69, 9.17) is 14.2 Å². The van der Waals surface area contributed by atoms with Crippen molar-refractivity contribution in [2.75, 3.05) is 44.8 Å². The number of carbonyl (C=O) groups excluding carboxylic acids is 1. The lowest BCUT2D eigenvalue weighted by Gasteiger charge is -2.26. The van der Waals surface area contributed by atoms with Crippen LogP contribution in [-0.4, -0.2) is 50.3 Å². The number of amides is 1. The van der Waals surface area contributed by atoms with Gasteiger partial charge in [0.15, 0.2) is 0 Å². The van der Waals surface area contributed by atoms with E-state index < -0.39 is 0 Å². The second-order valence-electron chi connectivity index (χ2n) is 7.26. The molecule has 0 radical (unpaired) electrons. The molecule has 2 aromatic carbocycles. The lowest BCUT2D eigenvalue weighted by Crippen LogP contribution is -2.38. The fourth-order valence-corrected chi connectivity index (χ4v) is 3.92. The molecule has 3 aliphatic rings. The van der Waals surface area contributed by atoms with E-state index in [9.17, 15) is 9.18 Å². The summed E-state index contributed by atoms with van der Waals surface area (Å²) in [6.07, 6.45) is 0. The molecule has 1 saturated heterocycles. The fourth-order valence-electron chi connectivity index (χ4n) is 3.92. The molecule has 1 N–H and O–H groups in total. The summed E-state index contributed by atoms with van der Waals surface area (Å²) < 4.78 is 30.8. The standard InChI is InChI=1S/C22H21FN2O4/c23-15-1-4-19-18(12-15)20(22(26)24-19)21-17-3-2-16(11-14(17)13-29-21)28-10-7-25-5-8-27-9-6-25/h1-4,11-12H,5-10,13H2,(H,24,26). The van der Waals surface area contributed by atoms with E-state index in [1.165, 1.54) is 12.1 Å². The summed E-state index contributed by atoms with van der Waals surface area (Å²) in [5.41, 5.74) is 3.30. The number of halogens is 1. The van der Waals surface area contributed by atoms with Gasteiger partial charge in [0, 0.05) is 42.0 Å². The van der Waals surface area contributed by atoms with Crippen molar-refractivity contribution in [3.63, 3.8) is 0 Å². The summed E-state index contributed by atoms with van der Waals surface area (Å²) in [7, 11) is 0. The van der Waals surface area contributed by atoms with E-state index in [0.717, 1.165) is 49.7 Å². The van der Waals surface area contributed by atoms with E-state index in [-0.39, 0.29) is 11.7 Å². The topological polar surface area (TPSA) is 60.0 Å². The molecule has 150 valence electrons. The zero-order valence-electron chi connectivity index (χ0n) is 15.9. The Morgan fingerprint density at radius 1 is 1.10 bits per heavy atom. The predicted octanol–water partition coefficient (Wildman–Crippen LogP) is 2.89. The number of nitrogens with zero attached hydrogens (tertiary/aromatic N) is 1. The first-order valence-corrected chi connectivity index (χ1v) is 9.73. The van der Waals surface area contributed by atoms with Gasteiger partial charge < -0.3 is 19.5 Å². The molecule has 6 nitrogen and oxygen atoms in total. The van der Waals surface area contributed by atoms with Crippen LogP contribution < -0.4 is 10.1 Å². The van der Waals surface area contributed by atoms with E-state index >= 15 is 0 Å². The number of rotatable bonds is 4. The average Bonchev–Trinajstić information content (AvgIpc) is 3.28. The van der Waals surface area contributed by atoms with Crippen LogP contribution in [0.15, 0.2) is 36.4 Å². The van der Waals surface area contributed by atoms with E-state index in [0.29, 0.717) is 35.8 Å². The first kappa shape index (κ1) is 18.1. The van der Waals surface area contributed by atoms with Crippen LogP contribution in [0.3, 0.4) is 0 Å². The van der Waals surface area contributed by atoms with Gasteiger partial charge in [-0.05, 0) is 36.4 Å². The molecule has 29 heavy (non-hydrogen) atoms. The van der Waals surface area contributed by atoms with E-state index in [2.05, 4.69) is 10.2 Å². The van der Waals surface area contributed by atoms with Gasteiger partial charge in [0.2, 0.25) is 0 Å². The minimum absolute atomic E-state index is 0.278. The predicted molar refractivity (Wildman–Crippen MR) is 106 cm³/mol. The van der Waals surface area contributed by atoms with Crippen molar-refractivity contribution in [3.8, 4) is 5.75 Å². The average molecular weight is 396 g/mol. The number of ether oxygens (including phenoxy) is 3. The Labute approximate surface area is 167 Å². The van der Waals surface area contributed by atoms with Gasteiger partial charge in [0.1, 0.15) is 30.5 Å². The first-order valence-electron chi connectivity index (χ1n) is 9.73. The molecule has 0 unspecified atom stereocenters. The molecule has 3 aliphatic heterocycles. The number of hydrogen-bond acceptors (Lipinski definition) is 5. The number of carbonyl (C=O) groups is 1. The SMILES string of the molecule is O=C1Nc2ccc(F)cc2C1=C1OCc2cc(OCCN3CCOCC3)ccc21. The van der Waals surface area contributed by atoms with E-state index in [1.54, 1.807) is 6.07 Å². The molecule has 0 spiro atoms. The maximum absolute atomic E-state index is 13.7. The summed E-state index contributed by atoms with van der Waals surface area (Å²) >= 11 is 0. The van der Waals surface area contributed by atoms with Crippen LogP contribution >= 0.6 is 0 Å². The molecule has 7 heteroatoms. The molecule has 0 aromatic heterocycles. The normalized spacial score (nSPS) is 20.8. The van der Waals surface area contributed by atoms with Crippen LogP contribution in [0.25, 0.3) is 11.3 Å². The van der Waals surface area contributed by atoms with E-state index in [1.807, 2.05) is 18.2 Å². The second kappa shape index (κ2) is 7.50. The number of benzene rings is 2. The Kier molecular flexibility index (Phi) is 4.69. The van der Waals surface area contributed by atoms with Gasteiger partial charge in [0.25, 0.3) is 5.91 Å². The third kappa shape index (κ3) is 3.47. The van der Waals surface area contributed by atoms with Crippen molar-refractivity contribution in [3.05, 3.63) is 58.9 Å². The highest BCUT2D eigenvalue weighted by molar-refractivity contribution is 6.36. The van der Waals surface area contributed by atoms with Crippen LogP contribution in [0.2, 0.25) is 0 Å². The Bertz CT molecular complexity index is 998. The highest BCUT2D eigenvalue weighted by Gasteiger charge is 2.32. The maximum atomic E-state index is 13.7. The zero-order chi connectivity index (χ0) is 19.8. The quantitative estimate of drug-likeness (QED) is 0.806. The summed E-state index contributed by atoms with van der Waals surface area (Å²) in [6, 6.07) is 9.99. The Balaban J connectivity index is 1.35. The zero-order valence-corrected chi connectivity index (χ0v) is 15.9. The van der Waals surface area contributed by atoms with Crippen LogP contribution in [0.1, 0.15) is 16.7 Å². The number of anilines is 1. The lowest BCUT2D eigenvalue weighted by molar-refractivity contribution is -0.110. The van der Waals surface area contributed by atoms with Crippen molar-refractivity contribution >= 4 is 22.9 Å². The van der Waals surface area contributed by atoms with Gasteiger partial charge in [-0.3, -0.25) is 9.69 Å². The van der Waals surface area contributed by atoms with Crippen molar-refractivity contribution in [1.82, 2.24) is 4.90 Å². The van der Waals surface area contributed by atoms with Gasteiger partial charge in [-0.25, -0.2) is 4.39 Å². The lowest BCUT2D eigenvalue weighted by atomic mass is 10.0. The highest BCUT2D eigenvalue weighted by Crippen LogP contribution is 2.42. The maximum Gasteiger partial charge on any atom is 0.260 e. The Hall–Kier alpha value is -2.90. The van der Waals surface area contributed by atoms with Crippen LogP contribution in [0.5, 0.6) is 5.75 Å². The number of fused-ring (bicyclic) bond motifs is 2. The Morgan fingerprint density at radius 2 is 1.97 bits per heavy atom. The number of nitrogens with one attached hydrogen (secondary N) is 1. The molecule has 1 fully saturated rings. The molecule has 3 heterocycles. The monoisotopic (exact) mass is 396 g/mol. The minimum Gasteiger partial charge on any atom is -0.492 e. The molecule has 0 bridgehead atoms. The second-order valence-corrected chi connectivity index (χ2v) is 7.26. The van der Waals surface area contributed by atoms with Crippen LogP contribution in [-0.2, 0) is 20.9 Å². The molecule has 0 atom stereocenters. The minimum atomic E-state index is -0.388. The van der Waals surface area contributed by atoms with Gasteiger partial charge in [-0.15, -0.1) is 0 Å². The third-order valence-electron chi connectivity index (χ3n) is 5.43. The van der Waals surface area contributed by atoms with Gasteiger partial charge in [0.05, 0.1) is 18.8 Å². The molecule has 5 rings (SSSR count). The van der Waals surface area contributed by atoms with Crippen molar-refractivity contribution < 1.29 is 23.4 Å². The molecule has 0 aliphatic carbocycles. The first-order chi connectivity index (χ1) is 14.2. The van der Waals surface area contributed by atoms with Crippen molar-refractivity contribution in [2.45, 2.75) is 6.61 Å². The largest absolute Gasteiger partial charge is 0.492 e. The summed E-state index contributed by atoms with van der Waals surface area (Å²) in [6.45, 7) is 5.22. The van der Waals surface area contributed by atoms with Crippen LogP contribution in [0.4, 0.5) is 10.1 Å². The molecule has 1 amide bonds. The summed E-state index contributed by atoms with van der Waals surface area (Å²) in [4.78, 5) is 14.8.